The molecule has 0 radical (unpaired) electrons. The van der Waals surface area contributed by atoms with E-state index in [0.717, 1.165) is 18.0 Å². The zero-order valence-corrected chi connectivity index (χ0v) is 13.2. The number of rotatable bonds is 3. The molecule has 3 rings (SSSR count). The van der Waals surface area contributed by atoms with Crippen molar-refractivity contribution in [3.63, 3.8) is 0 Å². The van der Waals surface area contributed by atoms with Crippen LogP contribution in [-0.2, 0) is 24.8 Å². The molecule has 0 N–H and O–H groups in total. The van der Waals surface area contributed by atoms with E-state index in [1.165, 1.54) is 10.4 Å². The van der Waals surface area contributed by atoms with Crippen LogP contribution in [0, 0.1) is 0 Å². The van der Waals surface area contributed by atoms with Gasteiger partial charge in [-0.25, -0.2) is 4.98 Å². The number of thioether (sulfide) groups is 1. The van der Waals surface area contributed by atoms with Crippen molar-refractivity contribution in [3.05, 3.63) is 40.1 Å². The number of hydrogen-bond acceptors (Lipinski definition) is 4. The first-order chi connectivity index (χ1) is 9.66. The normalized spacial score (nSPS) is 17.8. The predicted octanol–water partition coefficient (Wildman–Crippen LogP) is 2.47. The van der Waals surface area contributed by atoms with Gasteiger partial charge in [-0.1, -0.05) is 0 Å². The standard InChI is InChI=1S/C14H17N3OS2/c1-16-6-5-15-12(16)9-17(2)14(18)13-10-3-7-19-11(10)4-8-20-13/h3,5-7,13H,4,8-9H2,1-2H3/t13-/m1/s1. The minimum Gasteiger partial charge on any atom is -0.337 e. The Morgan fingerprint density at radius 2 is 2.45 bits per heavy atom. The number of hydrogen-bond donors (Lipinski definition) is 0. The second kappa shape index (κ2) is 5.61. The van der Waals surface area contributed by atoms with Crippen molar-refractivity contribution in [2.45, 2.75) is 18.2 Å². The molecule has 0 saturated heterocycles. The van der Waals surface area contributed by atoms with Gasteiger partial charge in [0.25, 0.3) is 0 Å². The number of likely N-dealkylation sites (N-methyl/N-ethyl adjacent to an activating group) is 1. The molecule has 6 heteroatoms. The van der Waals surface area contributed by atoms with Gasteiger partial charge in [-0.2, -0.15) is 0 Å². The van der Waals surface area contributed by atoms with Gasteiger partial charge in [-0.15, -0.1) is 23.1 Å². The first-order valence-corrected chi connectivity index (χ1v) is 8.48. The van der Waals surface area contributed by atoms with E-state index in [4.69, 9.17) is 0 Å². The summed E-state index contributed by atoms with van der Waals surface area (Å²) in [5, 5.41) is 2.05. The Kier molecular flexibility index (Phi) is 3.85. The fourth-order valence-electron chi connectivity index (χ4n) is 2.39. The number of fused-ring (bicyclic) bond motifs is 1. The van der Waals surface area contributed by atoms with Crippen LogP contribution in [0.15, 0.2) is 23.8 Å². The summed E-state index contributed by atoms with van der Waals surface area (Å²) in [6, 6.07) is 2.10. The van der Waals surface area contributed by atoms with Crippen molar-refractivity contribution in [2.75, 3.05) is 12.8 Å². The molecule has 2 aromatic rings. The van der Waals surface area contributed by atoms with E-state index in [0.29, 0.717) is 6.54 Å². The number of carbonyl (C=O) groups excluding carboxylic acids is 1. The number of imidazole rings is 1. The summed E-state index contributed by atoms with van der Waals surface area (Å²) < 4.78 is 1.95. The van der Waals surface area contributed by atoms with Crippen molar-refractivity contribution in [1.82, 2.24) is 14.5 Å². The lowest BCUT2D eigenvalue weighted by atomic mass is 10.1. The molecule has 0 saturated carbocycles. The molecule has 3 heterocycles. The molecule has 106 valence electrons. The number of thiophene rings is 1. The fraction of sp³-hybridized carbons (Fsp3) is 0.429. The second-order valence-corrected chi connectivity index (χ2v) is 7.16. The maximum Gasteiger partial charge on any atom is 0.240 e. The van der Waals surface area contributed by atoms with E-state index in [2.05, 4.69) is 16.4 Å². The average molecular weight is 307 g/mol. The number of nitrogens with zero attached hydrogens (tertiary/aromatic N) is 3. The minimum absolute atomic E-state index is 0.0460. The lowest BCUT2D eigenvalue weighted by Crippen LogP contribution is -2.32. The van der Waals surface area contributed by atoms with Crippen LogP contribution in [0.25, 0.3) is 0 Å². The van der Waals surface area contributed by atoms with Gasteiger partial charge >= 0.3 is 0 Å². The largest absolute Gasteiger partial charge is 0.337 e. The quantitative estimate of drug-likeness (QED) is 0.874. The maximum atomic E-state index is 12.7. The molecule has 0 bridgehead atoms. The summed E-state index contributed by atoms with van der Waals surface area (Å²) in [5.41, 5.74) is 1.21. The molecule has 0 spiro atoms. The molecule has 1 aliphatic rings. The third kappa shape index (κ3) is 2.50. The molecule has 1 aliphatic heterocycles. The highest BCUT2D eigenvalue weighted by molar-refractivity contribution is 8.00. The monoisotopic (exact) mass is 307 g/mol. The Bertz CT molecular complexity index is 619. The van der Waals surface area contributed by atoms with E-state index in [9.17, 15) is 4.79 Å². The Morgan fingerprint density at radius 3 is 3.20 bits per heavy atom. The SMILES string of the molecule is CN(Cc1nccn1C)C(=O)[C@@H]1SCCc2sccc21. The molecule has 0 aliphatic carbocycles. The highest BCUT2D eigenvalue weighted by Gasteiger charge is 2.30. The number of aromatic nitrogens is 2. The fourth-order valence-corrected chi connectivity index (χ4v) is 4.80. The van der Waals surface area contributed by atoms with Crippen molar-refractivity contribution in [1.29, 1.82) is 0 Å². The van der Waals surface area contributed by atoms with Crippen LogP contribution in [0.4, 0.5) is 0 Å². The topological polar surface area (TPSA) is 38.1 Å². The maximum absolute atomic E-state index is 12.7. The van der Waals surface area contributed by atoms with Crippen LogP contribution < -0.4 is 0 Å². The summed E-state index contributed by atoms with van der Waals surface area (Å²) in [6.07, 6.45) is 4.75. The van der Waals surface area contributed by atoms with Gasteiger partial charge in [0, 0.05) is 31.4 Å². The van der Waals surface area contributed by atoms with Crippen LogP contribution in [0.3, 0.4) is 0 Å². The van der Waals surface area contributed by atoms with Gasteiger partial charge < -0.3 is 9.47 Å². The molecule has 1 atom stereocenters. The van der Waals surface area contributed by atoms with E-state index in [1.54, 1.807) is 34.2 Å². The molecular formula is C14H17N3OS2. The molecule has 0 aromatic carbocycles. The van der Waals surface area contributed by atoms with E-state index in [1.807, 2.05) is 24.9 Å². The minimum atomic E-state index is -0.0460. The third-order valence-corrected chi connectivity index (χ3v) is 5.80. The Labute approximate surface area is 126 Å². The average Bonchev–Trinajstić information content (AvgIpc) is 3.07. The molecular weight excluding hydrogens is 290 g/mol. The van der Waals surface area contributed by atoms with Gasteiger partial charge in [0.15, 0.2) is 0 Å². The zero-order valence-electron chi connectivity index (χ0n) is 11.6. The number of carbonyl (C=O) groups is 1. The summed E-state index contributed by atoms with van der Waals surface area (Å²) in [6.45, 7) is 0.554. The van der Waals surface area contributed by atoms with Gasteiger partial charge in [0.1, 0.15) is 11.1 Å². The van der Waals surface area contributed by atoms with Gasteiger partial charge in [0.2, 0.25) is 5.91 Å². The Morgan fingerprint density at radius 1 is 1.60 bits per heavy atom. The van der Waals surface area contributed by atoms with Crippen LogP contribution in [0.2, 0.25) is 0 Å². The van der Waals surface area contributed by atoms with E-state index < -0.39 is 0 Å². The second-order valence-electron chi connectivity index (χ2n) is 4.95. The van der Waals surface area contributed by atoms with Crippen molar-refractivity contribution >= 4 is 29.0 Å². The van der Waals surface area contributed by atoms with Crippen molar-refractivity contribution < 1.29 is 4.79 Å². The predicted molar refractivity (Wildman–Crippen MR) is 82.9 cm³/mol. The first kappa shape index (κ1) is 13.7. The smallest absolute Gasteiger partial charge is 0.240 e. The third-order valence-electron chi connectivity index (χ3n) is 3.58. The zero-order chi connectivity index (χ0) is 14.1. The van der Waals surface area contributed by atoms with E-state index >= 15 is 0 Å². The molecule has 4 nitrogen and oxygen atoms in total. The lowest BCUT2D eigenvalue weighted by molar-refractivity contribution is -0.130. The van der Waals surface area contributed by atoms with Crippen LogP contribution in [0.1, 0.15) is 21.5 Å². The molecule has 20 heavy (non-hydrogen) atoms. The molecule has 0 unspecified atom stereocenters. The molecule has 1 amide bonds. The van der Waals surface area contributed by atoms with Crippen molar-refractivity contribution in [3.8, 4) is 0 Å². The van der Waals surface area contributed by atoms with Crippen molar-refractivity contribution in [2.24, 2.45) is 7.05 Å². The number of amides is 1. The number of aryl methyl sites for hydroxylation is 2. The van der Waals surface area contributed by atoms with Crippen LogP contribution in [-0.4, -0.2) is 33.2 Å². The van der Waals surface area contributed by atoms with Crippen LogP contribution >= 0.6 is 23.1 Å². The first-order valence-electron chi connectivity index (χ1n) is 6.56. The lowest BCUT2D eigenvalue weighted by Gasteiger charge is -2.26. The van der Waals surface area contributed by atoms with Crippen LogP contribution in [0.5, 0.6) is 0 Å². The summed E-state index contributed by atoms with van der Waals surface area (Å²) in [7, 11) is 3.81. The van der Waals surface area contributed by atoms with Gasteiger partial charge in [-0.3, -0.25) is 4.79 Å². The Balaban J connectivity index is 1.75. The summed E-state index contributed by atoms with van der Waals surface area (Å²) in [5.74, 6) is 2.12. The van der Waals surface area contributed by atoms with E-state index in [-0.39, 0.29) is 11.2 Å². The molecule has 2 aromatic heterocycles. The van der Waals surface area contributed by atoms with Gasteiger partial charge in [0.05, 0.1) is 6.54 Å². The summed E-state index contributed by atoms with van der Waals surface area (Å²) in [4.78, 5) is 20.1. The summed E-state index contributed by atoms with van der Waals surface area (Å²) >= 11 is 3.52. The highest BCUT2D eigenvalue weighted by Crippen LogP contribution is 2.40. The highest BCUT2D eigenvalue weighted by atomic mass is 32.2. The van der Waals surface area contributed by atoms with Gasteiger partial charge in [-0.05, 0) is 29.2 Å². The molecule has 0 fully saturated rings. The Hall–Kier alpha value is -1.27.